The van der Waals surface area contributed by atoms with E-state index in [9.17, 15) is 4.79 Å². The van der Waals surface area contributed by atoms with Gasteiger partial charge < -0.3 is 15.2 Å². The second-order valence-electron chi connectivity index (χ2n) is 6.80. The molecule has 0 spiro atoms. The smallest absolute Gasteiger partial charge is 0.259 e. The van der Waals surface area contributed by atoms with Crippen LogP contribution in [0.2, 0.25) is 0 Å². The molecule has 0 aliphatic carbocycles. The van der Waals surface area contributed by atoms with Gasteiger partial charge in [-0.15, -0.1) is 0 Å². The van der Waals surface area contributed by atoms with Crippen LogP contribution in [-0.2, 0) is 6.42 Å². The minimum absolute atomic E-state index is 0.00442. The number of nitrogens with two attached hydrogens (primary N) is 1. The van der Waals surface area contributed by atoms with Crippen LogP contribution >= 0.6 is 22.6 Å². The quantitative estimate of drug-likeness (QED) is 0.414. The Morgan fingerprint density at radius 3 is 2.71 bits per heavy atom. The van der Waals surface area contributed by atoms with Gasteiger partial charge in [-0.1, -0.05) is 35.5 Å². The van der Waals surface area contributed by atoms with Crippen LogP contribution in [0, 0.1) is 3.57 Å². The number of fused-ring (bicyclic) bond motifs is 2. The molecule has 1 aromatic heterocycles. The number of rotatable bonds is 2. The number of benzene rings is 3. The molecule has 138 valence electrons. The predicted molar refractivity (Wildman–Crippen MR) is 118 cm³/mol. The minimum atomic E-state index is 0.00442. The van der Waals surface area contributed by atoms with Crippen molar-refractivity contribution >= 4 is 51.0 Å². The van der Waals surface area contributed by atoms with Gasteiger partial charge in [0.25, 0.3) is 5.91 Å². The summed E-state index contributed by atoms with van der Waals surface area (Å²) in [5, 5.41) is 4.52. The van der Waals surface area contributed by atoms with Crippen molar-refractivity contribution in [2.24, 2.45) is 0 Å². The molecular formula is C22H16IN3O2. The van der Waals surface area contributed by atoms with E-state index in [1.165, 1.54) is 3.57 Å². The average molecular weight is 481 g/mol. The average Bonchev–Trinajstić information content (AvgIpc) is 3.09. The largest absolute Gasteiger partial charge is 0.380 e. The van der Waals surface area contributed by atoms with Crippen molar-refractivity contribution in [2.45, 2.75) is 6.42 Å². The van der Waals surface area contributed by atoms with Crippen LogP contribution < -0.4 is 10.6 Å². The van der Waals surface area contributed by atoms with Gasteiger partial charge in [0, 0.05) is 15.8 Å². The molecule has 0 fully saturated rings. The van der Waals surface area contributed by atoms with Crippen molar-refractivity contribution < 1.29 is 9.32 Å². The monoisotopic (exact) mass is 481 g/mol. The van der Waals surface area contributed by atoms with Gasteiger partial charge in [0.05, 0.1) is 10.9 Å². The zero-order valence-electron chi connectivity index (χ0n) is 14.9. The fourth-order valence-corrected chi connectivity index (χ4v) is 4.12. The standard InChI is InChI=1S/C22H16IN3O2/c23-15-6-4-13(5-7-15)17-3-1-2-14-10-11-26(22(27)20(14)17)16-8-9-19-18(12-16)21(24)25-28-19/h1-9,12H,10-11H2,(H2,24,25). The van der Waals surface area contributed by atoms with Gasteiger partial charge >= 0.3 is 0 Å². The molecule has 5 rings (SSSR count). The lowest BCUT2D eigenvalue weighted by Crippen LogP contribution is -2.38. The summed E-state index contributed by atoms with van der Waals surface area (Å²) in [6.07, 6.45) is 0.802. The second-order valence-corrected chi connectivity index (χ2v) is 8.05. The number of nitrogen functional groups attached to an aromatic ring is 1. The molecule has 3 aromatic carbocycles. The number of hydrogen-bond acceptors (Lipinski definition) is 4. The first-order valence-electron chi connectivity index (χ1n) is 8.96. The molecular weight excluding hydrogens is 465 g/mol. The lowest BCUT2D eigenvalue weighted by atomic mass is 9.90. The summed E-state index contributed by atoms with van der Waals surface area (Å²) in [4.78, 5) is 15.3. The minimum Gasteiger partial charge on any atom is -0.380 e. The number of carbonyl (C=O) groups excluding carboxylic acids is 1. The number of hydrogen-bond donors (Lipinski definition) is 1. The first kappa shape index (κ1) is 17.2. The van der Waals surface area contributed by atoms with Crippen molar-refractivity contribution in [3.8, 4) is 11.1 Å². The number of amides is 1. The maximum Gasteiger partial charge on any atom is 0.259 e. The number of carbonyl (C=O) groups is 1. The van der Waals surface area contributed by atoms with Crippen molar-refractivity contribution in [3.63, 3.8) is 0 Å². The Morgan fingerprint density at radius 1 is 1.07 bits per heavy atom. The molecule has 0 atom stereocenters. The maximum absolute atomic E-state index is 13.5. The van der Waals surface area contributed by atoms with Crippen LogP contribution in [0.3, 0.4) is 0 Å². The normalized spacial score (nSPS) is 13.8. The SMILES string of the molecule is Nc1noc2ccc(N3CCc4cccc(-c5ccc(I)cc5)c4C3=O)cc12. The molecule has 0 radical (unpaired) electrons. The van der Waals surface area contributed by atoms with E-state index in [0.29, 0.717) is 17.9 Å². The number of anilines is 2. The Hall–Kier alpha value is -2.87. The van der Waals surface area contributed by atoms with Gasteiger partial charge in [-0.25, -0.2) is 0 Å². The van der Waals surface area contributed by atoms with Gasteiger partial charge in [0.2, 0.25) is 0 Å². The van der Waals surface area contributed by atoms with Crippen molar-refractivity contribution in [3.05, 3.63) is 75.4 Å². The van der Waals surface area contributed by atoms with Gasteiger partial charge in [-0.2, -0.15) is 0 Å². The summed E-state index contributed by atoms with van der Waals surface area (Å²) in [5.41, 5.74) is 11.2. The van der Waals surface area contributed by atoms with Gasteiger partial charge in [-0.3, -0.25) is 4.79 Å². The third kappa shape index (κ3) is 2.75. The van der Waals surface area contributed by atoms with E-state index in [1.807, 2.05) is 41.3 Å². The zero-order valence-corrected chi connectivity index (χ0v) is 17.0. The summed E-state index contributed by atoms with van der Waals surface area (Å²) < 4.78 is 6.35. The molecule has 0 saturated heterocycles. The second kappa shape index (κ2) is 6.63. The Bertz CT molecular complexity index is 1210. The lowest BCUT2D eigenvalue weighted by Gasteiger charge is -2.30. The molecule has 0 bridgehead atoms. The lowest BCUT2D eigenvalue weighted by molar-refractivity contribution is 0.0981. The Morgan fingerprint density at radius 2 is 1.89 bits per heavy atom. The van der Waals surface area contributed by atoms with Crippen LogP contribution in [0.25, 0.3) is 22.1 Å². The van der Waals surface area contributed by atoms with E-state index in [4.69, 9.17) is 10.3 Å². The van der Waals surface area contributed by atoms with Gasteiger partial charge in [0.1, 0.15) is 0 Å². The zero-order chi connectivity index (χ0) is 19.3. The highest BCUT2D eigenvalue weighted by atomic mass is 127. The van der Waals surface area contributed by atoms with Crippen molar-refractivity contribution in [1.82, 2.24) is 5.16 Å². The fourth-order valence-electron chi connectivity index (χ4n) is 3.76. The van der Waals surface area contributed by atoms with Crippen molar-refractivity contribution in [1.29, 1.82) is 0 Å². The third-order valence-corrected chi connectivity index (χ3v) is 5.88. The molecule has 1 aliphatic rings. The van der Waals surface area contributed by atoms with Crippen LogP contribution in [0.15, 0.2) is 65.2 Å². The molecule has 0 saturated carbocycles. The van der Waals surface area contributed by atoms with Crippen LogP contribution in [0.4, 0.5) is 11.5 Å². The summed E-state index contributed by atoms with van der Waals surface area (Å²) >= 11 is 2.28. The van der Waals surface area contributed by atoms with Crippen LogP contribution in [0.1, 0.15) is 15.9 Å². The highest BCUT2D eigenvalue weighted by molar-refractivity contribution is 14.1. The molecule has 6 heteroatoms. The number of halogens is 1. The first-order valence-corrected chi connectivity index (χ1v) is 10.0. The third-order valence-electron chi connectivity index (χ3n) is 5.16. The number of aromatic nitrogens is 1. The molecule has 0 unspecified atom stereocenters. The highest BCUT2D eigenvalue weighted by Crippen LogP contribution is 2.34. The molecule has 1 amide bonds. The van der Waals surface area contributed by atoms with E-state index >= 15 is 0 Å². The molecule has 2 N–H and O–H groups in total. The summed E-state index contributed by atoms with van der Waals surface area (Å²) in [6, 6.07) is 19.9. The topological polar surface area (TPSA) is 72.4 Å². The summed E-state index contributed by atoms with van der Waals surface area (Å²) in [6.45, 7) is 0.624. The van der Waals surface area contributed by atoms with Gasteiger partial charge in [-0.05, 0) is 76.0 Å². The Balaban J connectivity index is 1.61. The maximum atomic E-state index is 13.5. The fraction of sp³-hybridized carbons (Fsp3) is 0.0909. The van der Waals surface area contributed by atoms with Crippen LogP contribution in [0.5, 0.6) is 0 Å². The number of nitrogens with zero attached hydrogens (tertiary/aromatic N) is 2. The van der Waals surface area contributed by atoms with E-state index in [2.05, 4.69) is 52.0 Å². The molecule has 4 aromatic rings. The van der Waals surface area contributed by atoms with E-state index in [-0.39, 0.29) is 5.91 Å². The first-order chi connectivity index (χ1) is 13.6. The van der Waals surface area contributed by atoms with Crippen LogP contribution in [-0.4, -0.2) is 17.6 Å². The van der Waals surface area contributed by atoms with Gasteiger partial charge in [0.15, 0.2) is 11.4 Å². The Kier molecular flexibility index (Phi) is 4.08. The van der Waals surface area contributed by atoms with Crippen molar-refractivity contribution in [2.75, 3.05) is 17.2 Å². The van der Waals surface area contributed by atoms with E-state index in [1.54, 1.807) is 0 Å². The van der Waals surface area contributed by atoms with E-state index in [0.717, 1.165) is 39.7 Å². The Labute approximate surface area is 175 Å². The molecule has 5 nitrogen and oxygen atoms in total. The molecule has 1 aliphatic heterocycles. The summed E-state index contributed by atoms with van der Waals surface area (Å²) in [7, 11) is 0. The molecule has 28 heavy (non-hydrogen) atoms. The van der Waals surface area contributed by atoms with E-state index < -0.39 is 0 Å². The predicted octanol–water partition coefficient (Wildman–Crippen LogP) is 4.88. The summed E-state index contributed by atoms with van der Waals surface area (Å²) in [5.74, 6) is 0.339. The highest BCUT2D eigenvalue weighted by Gasteiger charge is 2.28. The molecule has 2 heterocycles.